The molecule has 3 heterocycles. The van der Waals surface area contributed by atoms with Gasteiger partial charge in [0.25, 0.3) is 0 Å². The number of carboxylic acids is 1. The zero-order chi connectivity index (χ0) is 50.8. The van der Waals surface area contributed by atoms with Gasteiger partial charge in [0.2, 0.25) is 41.4 Å². The first-order valence-corrected chi connectivity index (χ1v) is 24.3. The molecule has 69 heavy (non-hydrogen) atoms. The molecule has 0 aliphatic carbocycles. The molecule has 2 aliphatic rings. The fraction of sp³-hybridized carbons (Fsp3) is 0.638. The minimum absolute atomic E-state index is 0.00384. The summed E-state index contributed by atoms with van der Waals surface area (Å²) in [6, 6.07) is -0.989. The Morgan fingerprint density at radius 1 is 0.754 bits per heavy atom. The molecular weight excluding hydrogens is 891 g/mol. The summed E-state index contributed by atoms with van der Waals surface area (Å²) in [4.78, 5) is 119. The Kier molecular flexibility index (Phi) is 21.7. The Balaban J connectivity index is 1.39. The lowest BCUT2D eigenvalue weighted by Crippen LogP contribution is -2.59. The van der Waals surface area contributed by atoms with Crippen LogP contribution in [0.3, 0.4) is 0 Å². The van der Waals surface area contributed by atoms with Gasteiger partial charge in [-0.25, -0.2) is 4.79 Å². The molecular formula is C47H75N13O9. The Labute approximate surface area is 403 Å². The molecule has 0 bridgehead atoms. The number of rotatable bonds is 27. The molecule has 22 heteroatoms. The molecule has 0 unspecified atom stereocenters. The number of fused-ring (bicyclic) bond motifs is 1. The van der Waals surface area contributed by atoms with Crippen molar-refractivity contribution in [1.29, 1.82) is 0 Å². The molecule has 2 aromatic rings. The standard InChI is InChI=1S/C47H75N13O9/c1-5-13-33(40(62)58-36(46(68)69)25-29-26-53-32-16-7-6-14-30(29)32)55-39(61)28(4)54-41(63)35(24-27(2)3)57-43(65)38-19-12-23-60(38)45(67)34(17-8-9-20-48)56-42(64)37-18-11-22-59(37)44(66)31(49)15-10-21-52-47(50)51/h6-7,14,16,26-28,31,33-38,53H,5,8-13,15,17-25,48-49H2,1-4H3,(H,54,63)(H,55,61)(H,56,64)(H,57,65)(H,58,62)(H,68,69)(H4,50,51,52)/t28-,31-,33-,34-,35-,36-,37-,38-/m0/s1. The van der Waals surface area contributed by atoms with Crippen LogP contribution in [0.1, 0.15) is 110 Å². The van der Waals surface area contributed by atoms with Gasteiger partial charge in [0, 0.05) is 43.2 Å². The van der Waals surface area contributed by atoms with Crippen LogP contribution in [-0.2, 0) is 44.8 Å². The summed E-state index contributed by atoms with van der Waals surface area (Å²) in [5, 5.41) is 24.4. The molecule has 1 aromatic carbocycles. The second-order valence-corrected chi connectivity index (χ2v) is 18.5. The van der Waals surface area contributed by atoms with Crippen LogP contribution in [0.5, 0.6) is 0 Å². The van der Waals surface area contributed by atoms with Gasteiger partial charge in [0.15, 0.2) is 5.96 Å². The van der Waals surface area contributed by atoms with Crippen LogP contribution in [0, 0.1) is 5.92 Å². The first kappa shape index (κ1) is 55.3. The predicted molar refractivity (Wildman–Crippen MR) is 260 cm³/mol. The zero-order valence-electron chi connectivity index (χ0n) is 40.5. The van der Waals surface area contributed by atoms with Crippen LogP contribution >= 0.6 is 0 Å². The number of hydrogen-bond acceptors (Lipinski definition) is 11. The number of unbranched alkanes of at least 4 members (excludes halogenated alkanes) is 1. The second kappa shape index (κ2) is 27.0. The number of aromatic amines is 1. The van der Waals surface area contributed by atoms with E-state index in [1.165, 1.54) is 16.7 Å². The van der Waals surface area contributed by atoms with Crippen molar-refractivity contribution in [2.45, 2.75) is 160 Å². The van der Waals surface area contributed by atoms with E-state index in [2.05, 4.69) is 36.6 Å². The van der Waals surface area contributed by atoms with E-state index in [1.807, 2.05) is 45.0 Å². The van der Waals surface area contributed by atoms with E-state index in [0.29, 0.717) is 83.0 Å². The number of likely N-dealkylation sites (tertiary alicyclic amines) is 2. The number of hydrogen-bond donors (Lipinski definition) is 11. The van der Waals surface area contributed by atoms with Crippen molar-refractivity contribution in [2.75, 3.05) is 26.2 Å². The fourth-order valence-electron chi connectivity index (χ4n) is 8.88. The molecule has 7 amide bonds. The number of aliphatic carboxylic acids is 1. The third-order valence-electron chi connectivity index (χ3n) is 12.5. The third-order valence-corrected chi connectivity index (χ3v) is 12.5. The van der Waals surface area contributed by atoms with Gasteiger partial charge >= 0.3 is 5.97 Å². The number of aliphatic imine (C=N–C) groups is 1. The van der Waals surface area contributed by atoms with E-state index < -0.39 is 89.7 Å². The smallest absolute Gasteiger partial charge is 0.326 e. The van der Waals surface area contributed by atoms with Crippen LogP contribution in [0.2, 0.25) is 0 Å². The highest BCUT2D eigenvalue weighted by Gasteiger charge is 2.42. The molecule has 2 fully saturated rings. The van der Waals surface area contributed by atoms with Crippen LogP contribution in [0.4, 0.5) is 0 Å². The summed E-state index contributed by atoms with van der Waals surface area (Å²) < 4.78 is 0. The van der Waals surface area contributed by atoms with E-state index in [1.54, 1.807) is 6.20 Å². The van der Waals surface area contributed by atoms with Crippen molar-refractivity contribution in [3.8, 4) is 0 Å². The third kappa shape index (κ3) is 16.2. The van der Waals surface area contributed by atoms with E-state index in [0.717, 1.165) is 10.9 Å². The van der Waals surface area contributed by atoms with Crippen molar-refractivity contribution in [3.05, 3.63) is 36.0 Å². The quantitative estimate of drug-likeness (QED) is 0.0308. The Morgan fingerprint density at radius 2 is 1.36 bits per heavy atom. The lowest BCUT2D eigenvalue weighted by molar-refractivity contribution is -0.144. The number of carbonyl (C=O) groups excluding carboxylic acids is 7. The summed E-state index contributed by atoms with van der Waals surface area (Å²) in [6.07, 6.45) is 6.38. The van der Waals surface area contributed by atoms with Gasteiger partial charge in [-0.1, -0.05) is 45.4 Å². The molecule has 8 atom stereocenters. The van der Waals surface area contributed by atoms with Crippen molar-refractivity contribution < 1.29 is 43.5 Å². The maximum Gasteiger partial charge on any atom is 0.326 e. The molecule has 2 saturated heterocycles. The molecule has 0 saturated carbocycles. The van der Waals surface area contributed by atoms with E-state index in [-0.39, 0.29) is 50.0 Å². The zero-order valence-corrected chi connectivity index (χ0v) is 40.5. The van der Waals surface area contributed by atoms with Crippen molar-refractivity contribution >= 4 is 64.2 Å². The van der Waals surface area contributed by atoms with Gasteiger partial charge in [0.1, 0.15) is 42.3 Å². The lowest BCUT2D eigenvalue weighted by Gasteiger charge is -2.32. The minimum atomic E-state index is -1.29. The van der Waals surface area contributed by atoms with Crippen LogP contribution in [0.25, 0.3) is 10.9 Å². The van der Waals surface area contributed by atoms with Gasteiger partial charge in [-0.05, 0) is 102 Å². The normalized spacial score (nSPS) is 18.4. The molecule has 0 spiro atoms. The number of H-pyrrole nitrogens is 1. The fourth-order valence-corrected chi connectivity index (χ4v) is 8.88. The number of para-hydroxylation sites is 1. The number of nitrogens with zero attached hydrogens (tertiary/aromatic N) is 3. The number of carboxylic acid groups (broad SMARTS) is 1. The number of aromatic nitrogens is 1. The largest absolute Gasteiger partial charge is 0.480 e. The first-order valence-electron chi connectivity index (χ1n) is 24.3. The topological polar surface area (TPSA) is 356 Å². The average molecular weight is 966 g/mol. The first-order chi connectivity index (χ1) is 32.9. The number of benzene rings is 1. The van der Waals surface area contributed by atoms with E-state index in [4.69, 9.17) is 22.9 Å². The van der Waals surface area contributed by atoms with Crippen molar-refractivity contribution in [3.63, 3.8) is 0 Å². The number of nitrogens with one attached hydrogen (secondary N) is 6. The van der Waals surface area contributed by atoms with Gasteiger partial charge in [-0.15, -0.1) is 0 Å². The summed E-state index contributed by atoms with van der Waals surface area (Å²) in [6.45, 7) is 8.18. The highest BCUT2D eigenvalue weighted by molar-refractivity contribution is 5.98. The van der Waals surface area contributed by atoms with Crippen LogP contribution in [-0.4, -0.2) is 148 Å². The summed E-state index contributed by atoms with van der Waals surface area (Å²) in [7, 11) is 0. The molecule has 15 N–H and O–H groups in total. The second-order valence-electron chi connectivity index (χ2n) is 18.5. The van der Waals surface area contributed by atoms with Crippen molar-refractivity contribution in [1.82, 2.24) is 41.4 Å². The molecule has 382 valence electrons. The SMILES string of the molecule is CCC[C@H](NC(=O)[C@H](C)NC(=O)[C@H](CC(C)C)NC(=O)[C@@H]1CCCN1C(=O)[C@H](CCCCN)NC(=O)[C@@H]1CCCN1C(=O)[C@@H](N)CCCN=C(N)N)C(=O)N[C@@H](Cc1c[nH]c2ccccc12)C(=O)O. The number of amides is 7. The predicted octanol–water partition coefficient (Wildman–Crippen LogP) is -0.423. The molecule has 1 aromatic heterocycles. The van der Waals surface area contributed by atoms with Gasteiger partial charge in [0.05, 0.1) is 6.04 Å². The lowest BCUT2D eigenvalue weighted by atomic mass is 10.0. The highest BCUT2D eigenvalue weighted by atomic mass is 16.4. The monoisotopic (exact) mass is 966 g/mol. The molecule has 0 radical (unpaired) electrons. The van der Waals surface area contributed by atoms with E-state index >= 15 is 0 Å². The maximum absolute atomic E-state index is 14.3. The minimum Gasteiger partial charge on any atom is -0.480 e. The van der Waals surface area contributed by atoms with Crippen molar-refractivity contribution in [2.24, 2.45) is 33.8 Å². The van der Waals surface area contributed by atoms with Gasteiger partial charge in [-0.2, -0.15) is 0 Å². The van der Waals surface area contributed by atoms with E-state index in [9.17, 15) is 43.5 Å². The summed E-state index contributed by atoms with van der Waals surface area (Å²) in [5.41, 5.74) is 24.3. The number of carbonyl (C=O) groups is 8. The van der Waals surface area contributed by atoms with Crippen LogP contribution in [0.15, 0.2) is 35.5 Å². The average Bonchev–Trinajstić information content (AvgIpc) is 4.10. The molecule has 4 rings (SSSR count). The number of nitrogens with two attached hydrogens (primary N) is 4. The Hall–Kier alpha value is -6.29. The van der Waals surface area contributed by atoms with Gasteiger partial charge in [-0.3, -0.25) is 38.6 Å². The molecule has 22 nitrogen and oxygen atoms in total. The summed E-state index contributed by atoms with van der Waals surface area (Å²) in [5.74, 6) is -5.38. The Bertz CT molecular complexity index is 2130. The Morgan fingerprint density at radius 3 is 1.97 bits per heavy atom. The number of guanidine groups is 1. The summed E-state index contributed by atoms with van der Waals surface area (Å²) >= 11 is 0. The van der Waals surface area contributed by atoms with Crippen LogP contribution < -0.4 is 49.5 Å². The molecule has 2 aliphatic heterocycles. The highest BCUT2D eigenvalue weighted by Crippen LogP contribution is 2.24. The van der Waals surface area contributed by atoms with Gasteiger partial charge < -0.3 is 69.4 Å². The maximum atomic E-state index is 14.3.